The maximum absolute atomic E-state index is 11.9. The predicted molar refractivity (Wildman–Crippen MR) is 71.5 cm³/mol. The first-order valence-corrected chi connectivity index (χ1v) is 7.68. The lowest BCUT2D eigenvalue weighted by Crippen LogP contribution is -2.34. The highest BCUT2D eigenvalue weighted by Gasteiger charge is 2.42. The molecule has 1 aliphatic heterocycles. The van der Waals surface area contributed by atoms with Crippen molar-refractivity contribution in [2.75, 3.05) is 20.4 Å². The van der Waals surface area contributed by atoms with Crippen molar-refractivity contribution in [3.05, 3.63) is 0 Å². The molecule has 0 bridgehead atoms. The topological polar surface area (TPSA) is 38.8 Å². The number of amides is 1. The third-order valence-corrected chi connectivity index (χ3v) is 5.21. The summed E-state index contributed by atoms with van der Waals surface area (Å²) in [4.78, 5) is 14.0. The van der Waals surface area contributed by atoms with E-state index < -0.39 is 0 Å². The molecular formula is C15H25NO3. The van der Waals surface area contributed by atoms with Crippen molar-refractivity contribution in [1.29, 1.82) is 0 Å². The minimum Gasteiger partial charge on any atom is -0.359 e. The van der Waals surface area contributed by atoms with Crippen molar-refractivity contribution in [2.45, 2.75) is 57.1 Å². The first-order chi connectivity index (χ1) is 9.28. The Morgan fingerprint density at radius 2 is 2.05 bits per heavy atom. The Morgan fingerprint density at radius 3 is 2.79 bits per heavy atom. The fourth-order valence-electron chi connectivity index (χ4n) is 4.30. The fraction of sp³-hybridized carbons (Fsp3) is 0.933. The molecule has 0 N–H and O–H groups in total. The summed E-state index contributed by atoms with van der Waals surface area (Å²) >= 11 is 0. The summed E-state index contributed by atoms with van der Waals surface area (Å²) in [5, 5.41) is 0. The van der Waals surface area contributed by atoms with Crippen LogP contribution in [0.3, 0.4) is 0 Å². The van der Waals surface area contributed by atoms with Gasteiger partial charge in [-0.3, -0.25) is 4.79 Å². The number of ether oxygens (including phenoxy) is 2. The standard InChI is InChI=1S/C15H25NO3/c1-18-10-19-14-5-4-11-7-13(8-12(11)9-14)16-6-2-3-15(16)17/h11-14H,2-10H2,1H3/t11-,12-,13?,14+/m0/s1. The largest absolute Gasteiger partial charge is 0.359 e. The third kappa shape index (κ3) is 2.79. The van der Waals surface area contributed by atoms with Crippen molar-refractivity contribution in [1.82, 2.24) is 4.90 Å². The number of likely N-dealkylation sites (tertiary alicyclic amines) is 1. The highest BCUT2D eigenvalue weighted by atomic mass is 16.7. The molecule has 0 radical (unpaired) electrons. The lowest BCUT2D eigenvalue weighted by atomic mass is 9.80. The summed E-state index contributed by atoms with van der Waals surface area (Å²) in [6.45, 7) is 1.41. The molecule has 0 aromatic rings. The Morgan fingerprint density at radius 1 is 1.21 bits per heavy atom. The van der Waals surface area contributed by atoms with Gasteiger partial charge in [-0.25, -0.2) is 0 Å². The molecule has 1 unspecified atom stereocenters. The lowest BCUT2D eigenvalue weighted by molar-refractivity contribution is -0.129. The molecule has 1 heterocycles. The molecule has 3 aliphatic rings. The molecular weight excluding hydrogens is 242 g/mol. The van der Waals surface area contributed by atoms with E-state index in [-0.39, 0.29) is 0 Å². The van der Waals surface area contributed by atoms with Crippen molar-refractivity contribution >= 4 is 5.91 Å². The molecule has 0 aromatic heterocycles. The number of hydrogen-bond acceptors (Lipinski definition) is 3. The lowest BCUT2D eigenvalue weighted by Gasteiger charge is -2.31. The number of hydrogen-bond donors (Lipinski definition) is 0. The summed E-state index contributed by atoms with van der Waals surface area (Å²) in [5.74, 6) is 1.96. The van der Waals surface area contributed by atoms with Gasteiger partial charge in [0.2, 0.25) is 5.91 Å². The number of nitrogens with zero attached hydrogens (tertiary/aromatic N) is 1. The van der Waals surface area contributed by atoms with Gasteiger partial charge < -0.3 is 14.4 Å². The van der Waals surface area contributed by atoms with Gasteiger partial charge >= 0.3 is 0 Å². The highest BCUT2D eigenvalue weighted by molar-refractivity contribution is 5.78. The van der Waals surface area contributed by atoms with E-state index in [0.717, 1.165) is 44.1 Å². The smallest absolute Gasteiger partial charge is 0.222 e. The summed E-state index contributed by atoms with van der Waals surface area (Å²) in [5.41, 5.74) is 0. The minimum atomic E-state index is 0.370. The Kier molecular flexibility index (Phi) is 4.08. The van der Waals surface area contributed by atoms with E-state index in [1.165, 1.54) is 19.3 Å². The van der Waals surface area contributed by atoms with Crippen molar-refractivity contribution in [3.63, 3.8) is 0 Å². The second kappa shape index (κ2) is 5.80. The van der Waals surface area contributed by atoms with Crippen LogP contribution in [0.25, 0.3) is 0 Å². The third-order valence-electron chi connectivity index (χ3n) is 5.21. The molecule has 2 aliphatic carbocycles. The Labute approximate surface area is 115 Å². The quantitative estimate of drug-likeness (QED) is 0.733. The van der Waals surface area contributed by atoms with Crippen molar-refractivity contribution in [3.8, 4) is 0 Å². The average molecular weight is 267 g/mol. The van der Waals surface area contributed by atoms with E-state index in [0.29, 0.717) is 24.8 Å². The second-order valence-corrected chi connectivity index (χ2v) is 6.34. The van der Waals surface area contributed by atoms with Crippen LogP contribution in [0.5, 0.6) is 0 Å². The number of methoxy groups -OCH3 is 1. The molecule has 0 aromatic carbocycles. The molecule has 19 heavy (non-hydrogen) atoms. The monoisotopic (exact) mass is 267 g/mol. The molecule has 4 atom stereocenters. The van der Waals surface area contributed by atoms with E-state index in [1.807, 2.05) is 0 Å². The van der Waals surface area contributed by atoms with E-state index in [1.54, 1.807) is 7.11 Å². The number of carbonyl (C=O) groups excluding carboxylic acids is 1. The Hall–Kier alpha value is -0.610. The van der Waals surface area contributed by atoms with Crippen LogP contribution in [-0.4, -0.2) is 43.4 Å². The van der Waals surface area contributed by atoms with E-state index >= 15 is 0 Å². The average Bonchev–Trinajstić information content (AvgIpc) is 3.01. The maximum Gasteiger partial charge on any atom is 0.222 e. The van der Waals surface area contributed by atoms with Crippen LogP contribution in [0.4, 0.5) is 0 Å². The number of rotatable bonds is 4. The number of fused-ring (bicyclic) bond motifs is 1. The van der Waals surface area contributed by atoms with Crippen LogP contribution in [0.2, 0.25) is 0 Å². The molecule has 3 rings (SSSR count). The number of carbonyl (C=O) groups is 1. The van der Waals surface area contributed by atoms with Crippen molar-refractivity contribution < 1.29 is 14.3 Å². The van der Waals surface area contributed by atoms with Gasteiger partial charge in [0.05, 0.1) is 6.10 Å². The van der Waals surface area contributed by atoms with Gasteiger partial charge in [-0.05, 0) is 50.4 Å². The van der Waals surface area contributed by atoms with Gasteiger partial charge in [0, 0.05) is 26.1 Å². The van der Waals surface area contributed by atoms with Gasteiger partial charge in [0.1, 0.15) is 6.79 Å². The zero-order valence-electron chi connectivity index (χ0n) is 11.8. The van der Waals surface area contributed by atoms with E-state index in [2.05, 4.69) is 4.90 Å². The molecule has 4 nitrogen and oxygen atoms in total. The molecule has 4 heteroatoms. The maximum atomic E-state index is 11.9. The van der Waals surface area contributed by atoms with Gasteiger partial charge in [-0.1, -0.05) is 0 Å². The van der Waals surface area contributed by atoms with E-state index in [4.69, 9.17) is 9.47 Å². The SMILES string of the molecule is COCO[C@@H]1CC[C@H]2CC(N3CCCC3=O)C[C@H]2C1. The molecule has 108 valence electrons. The molecule has 1 saturated heterocycles. The summed E-state index contributed by atoms with van der Waals surface area (Å²) < 4.78 is 10.7. The van der Waals surface area contributed by atoms with Gasteiger partial charge in [-0.2, -0.15) is 0 Å². The highest BCUT2D eigenvalue weighted by Crippen LogP contribution is 2.45. The van der Waals surface area contributed by atoms with Crippen LogP contribution in [0, 0.1) is 11.8 Å². The van der Waals surface area contributed by atoms with Crippen LogP contribution >= 0.6 is 0 Å². The van der Waals surface area contributed by atoms with Crippen molar-refractivity contribution in [2.24, 2.45) is 11.8 Å². The minimum absolute atomic E-state index is 0.370. The summed E-state index contributed by atoms with van der Waals surface area (Å²) in [7, 11) is 1.68. The first kappa shape index (κ1) is 13.4. The summed E-state index contributed by atoms with van der Waals surface area (Å²) in [6.07, 6.45) is 8.20. The van der Waals surface area contributed by atoms with Gasteiger partial charge in [0.25, 0.3) is 0 Å². The zero-order valence-corrected chi connectivity index (χ0v) is 11.8. The van der Waals surface area contributed by atoms with Gasteiger partial charge in [0.15, 0.2) is 0 Å². The van der Waals surface area contributed by atoms with E-state index in [9.17, 15) is 4.79 Å². The fourth-order valence-corrected chi connectivity index (χ4v) is 4.30. The normalized spacial score (nSPS) is 38.8. The zero-order chi connectivity index (χ0) is 13.2. The Bertz CT molecular complexity index is 333. The molecule has 0 spiro atoms. The van der Waals surface area contributed by atoms with Crippen LogP contribution in [0.15, 0.2) is 0 Å². The second-order valence-electron chi connectivity index (χ2n) is 6.34. The predicted octanol–water partition coefficient (Wildman–Crippen LogP) is 2.18. The van der Waals surface area contributed by atoms with Crippen LogP contribution < -0.4 is 0 Å². The Balaban J connectivity index is 1.54. The van der Waals surface area contributed by atoms with Crippen LogP contribution in [-0.2, 0) is 14.3 Å². The van der Waals surface area contributed by atoms with Crippen LogP contribution in [0.1, 0.15) is 44.9 Å². The molecule has 3 fully saturated rings. The van der Waals surface area contributed by atoms with Gasteiger partial charge in [-0.15, -0.1) is 0 Å². The molecule has 1 amide bonds. The first-order valence-electron chi connectivity index (χ1n) is 7.68. The summed E-state index contributed by atoms with van der Waals surface area (Å²) in [6, 6.07) is 0.520. The molecule has 2 saturated carbocycles.